The van der Waals surface area contributed by atoms with Crippen LogP contribution < -0.4 is 11.3 Å². The van der Waals surface area contributed by atoms with Crippen LogP contribution in [0.1, 0.15) is 0 Å². The molecule has 0 spiro atoms. The van der Waals surface area contributed by atoms with Crippen LogP contribution in [-0.2, 0) is 0 Å². The second-order valence-electron chi connectivity index (χ2n) is 3.30. The highest BCUT2D eigenvalue weighted by Crippen LogP contribution is 2.33. The van der Waals surface area contributed by atoms with Crippen LogP contribution in [0, 0.1) is 0 Å². The van der Waals surface area contributed by atoms with E-state index in [0.717, 1.165) is 22.3 Å². The summed E-state index contributed by atoms with van der Waals surface area (Å²) in [4.78, 5) is 8.59. The maximum atomic E-state index is 5.54. The fourth-order valence-corrected chi connectivity index (χ4v) is 1.64. The Balaban J connectivity index is 2.33. The number of fused-ring (bicyclic) bond motifs is 3. The highest BCUT2D eigenvalue weighted by Gasteiger charge is 2.11. The lowest BCUT2D eigenvalue weighted by Crippen LogP contribution is -2.36. The summed E-state index contributed by atoms with van der Waals surface area (Å²) < 4.78 is 0. The minimum absolute atomic E-state index is 0.818. The summed E-state index contributed by atoms with van der Waals surface area (Å²) >= 11 is 0. The highest BCUT2D eigenvalue weighted by atomic mass is 15.7. The Hall–Kier alpha value is -2.14. The van der Waals surface area contributed by atoms with Crippen molar-refractivity contribution in [3.05, 3.63) is 30.5 Å². The highest BCUT2D eigenvalue weighted by molar-refractivity contribution is 5.98. The first-order chi connectivity index (χ1) is 7.34. The lowest BCUT2D eigenvalue weighted by atomic mass is 10.1. The van der Waals surface area contributed by atoms with Crippen molar-refractivity contribution in [2.24, 2.45) is 10.8 Å². The Morgan fingerprint density at radius 1 is 1.27 bits per heavy atom. The molecule has 74 valence electrons. The zero-order chi connectivity index (χ0) is 10.3. The molecule has 0 radical (unpaired) electrons. The third kappa shape index (κ3) is 1.21. The Bertz CT molecular complexity index is 549. The van der Waals surface area contributed by atoms with Crippen molar-refractivity contribution in [2.45, 2.75) is 0 Å². The van der Waals surface area contributed by atoms with Gasteiger partial charge in [-0.15, -0.1) is 0 Å². The van der Waals surface area contributed by atoms with Crippen molar-refractivity contribution < 1.29 is 0 Å². The fourth-order valence-electron chi connectivity index (χ4n) is 1.64. The minimum Gasteiger partial charge on any atom is -0.279 e. The number of benzene rings is 1. The molecule has 5 nitrogen and oxygen atoms in total. The van der Waals surface area contributed by atoms with Crippen LogP contribution in [0.25, 0.3) is 10.9 Å². The number of nitrogens with two attached hydrogens (primary N) is 1. The number of hydrazine groups is 2. The van der Waals surface area contributed by atoms with E-state index in [1.807, 2.05) is 24.3 Å². The van der Waals surface area contributed by atoms with Gasteiger partial charge in [0.25, 0.3) is 0 Å². The van der Waals surface area contributed by atoms with Crippen molar-refractivity contribution in [1.82, 2.24) is 10.1 Å². The molecule has 1 aliphatic heterocycles. The molecule has 0 bridgehead atoms. The quantitative estimate of drug-likeness (QED) is 0.629. The van der Waals surface area contributed by atoms with Gasteiger partial charge >= 0.3 is 0 Å². The van der Waals surface area contributed by atoms with Crippen LogP contribution in [0.2, 0.25) is 0 Å². The molecule has 5 heteroatoms. The normalized spacial score (nSPS) is 13.8. The van der Waals surface area contributed by atoms with E-state index in [0.29, 0.717) is 0 Å². The smallest absolute Gasteiger partial charge is 0.128 e. The standard InChI is InChI=1S/C10H9N5/c11-15-6-13-10-7-3-1-2-4-8(7)12-5-9(10)14-15/h1-6,14H,11H2. The van der Waals surface area contributed by atoms with Crippen molar-refractivity contribution in [3.8, 4) is 0 Å². The zero-order valence-electron chi connectivity index (χ0n) is 7.88. The molecule has 0 unspecified atom stereocenters. The summed E-state index contributed by atoms with van der Waals surface area (Å²) in [5, 5.41) is 2.32. The van der Waals surface area contributed by atoms with Gasteiger partial charge in [-0.1, -0.05) is 18.2 Å². The summed E-state index contributed by atoms with van der Waals surface area (Å²) in [5.74, 6) is 5.54. The van der Waals surface area contributed by atoms with Gasteiger partial charge in [-0.3, -0.25) is 10.4 Å². The van der Waals surface area contributed by atoms with Crippen molar-refractivity contribution in [2.75, 3.05) is 5.43 Å². The van der Waals surface area contributed by atoms with E-state index in [1.165, 1.54) is 11.5 Å². The maximum Gasteiger partial charge on any atom is 0.128 e. The lowest BCUT2D eigenvalue weighted by Gasteiger charge is -2.21. The molecule has 0 saturated carbocycles. The number of nitrogens with zero attached hydrogens (tertiary/aromatic N) is 3. The van der Waals surface area contributed by atoms with Crippen molar-refractivity contribution in [3.63, 3.8) is 0 Å². The Morgan fingerprint density at radius 3 is 3.07 bits per heavy atom. The van der Waals surface area contributed by atoms with E-state index in [2.05, 4.69) is 15.4 Å². The molecule has 15 heavy (non-hydrogen) atoms. The number of nitrogens with one attached hydrogen (secondary N) is 1. The van der Waals surface area contributed by atoms with Crippen LogP contribution in [0.5, 0.6) is 0 Å². The van der Waals surface area contributed by atoms with Gasteiger partial charge < -0.3 is 0 Å². The summed E-state index contributed by atoms with van der Waals surface area (Å²) in [6.07, 6.45) is 3.27. The Kier molecular flexibility index (Phi) is 1.60. The van der Waals surface area contributed by atoms with Gasteiger partial charge in [-0.2, -0.15) is 0 Å². The fraction of sp³-hybridized carbons (Fsp3) is 0. The number of hydrogen-bond acceptors (Lipinski definition) is 5. The van der Waals surface area contributed by atoms with E-state index < -0.39 is 0 Å². The number of aliphatic imine (C=N–C) groups is 1. The Labute approximate surface area is 86.2 Å². The first-order valence-corrected chi connectivity index (χ1v) is 4.57. The lowest BCUT2D eigenvalue weighted by molar-refractivity contribution is 0.540. The molecular weight excluding hydrogens is 190 g/mol. The molecule has 1 aromatic carbocycles. The van der Waals surface area contributed by atoms with Gasteiger partial charge in [-0.25, -0.2) is 16.0 Å². The first kappa shape index (κ1) is 8.19. The molecule has 0 amide bonds. The summed E-state index contributed by atoms with van der Waals surface area (Å²) in [5.41, 5.74) is 5.58. The molecule has 1 aliphatic rings. The number of hydrogen-bond donors (Lipinski definition) is 2. The molecule has 0 aliphatic carbocycles. The van der Waals surface area contributed by atoms with Crippen LogP contribution >= 0.6 is 0 Å². The summed E-state index contributed by atoms with van der Waals surface area (Å²) in [6, 6.07) is 7.87. The predicted octanol–water partition coefficient (Wildman–Crippen LogP) is 1.41. The van der Waals surface area contributed by atoms with Gasteiger partial charge in [0.05, 0.1) is 11.7 Å². The van der Waals surface area contributed by atoms with Crippen molar-refractivity contribution >= 4 is 28.6 Å². The maximum absolute atomic E-state index is 5.54. The monoisotopic (exact) mass is 199 g/mol. The average molecular weight is 199 g/mol. The van der Waals surface area contributed by atoms with Gasteiger partial charge in [-0.05, 0) is 6.07 Å². The molecule has 1 aromatic heterocycles. The summed E-state index contributed by atoms with van der Waals surface area (Å²) in [6.45, 7) is 0. The van der Waals surface area contributed by atoms with Gasteiger partial charge in [0.2, 0.25) is 0 Å². The number of pyridine rings is 1. The van der Waals surface area contributed by atoms with Crippen LogP contribution in [-0.4, -0.2) is 16.4 Å². The largest absolute Gasteiger partial charge is 0.279 e. The van der Waals surface area contributed by atoms with E-state index in [-0.39, 0.29) is 0 Å². The molecule has 2 aromatic rings. The van der Waals surface area contributed by atoms with Gasteiger partial charge in [0.1, 0.15) is 17.7 Å². The molecule has 3 rings (SSSR count). The van der Waals surface area contributed by atoms with E-state index in [4.69, 9.17) is 5.84 Å². The third-order valence-corrected chi connectivity index (χ3v) is 2.31. The van der Waals surface area contributed by atoms with Crippen molar-refractivity contribution in [1.29, 1.82) is 0 Å². The van der Waals surface area contributed by atoms with E-state index in [1.54, 1.807) is 6.20 Å². The predicted molar refractivity (Wildman–Crippen MR) is 59.5 cm³/mol. The number of anilines is 1. The van der Waals surface area contributed by atoms with Crippen LogP contribution in [0.15, 0.2) is 35.5 Å². The van der Waals surface area contributed by atoms with Crippen LogP contribution in [0.4, 0.5) is 11.4 Å². The number of para-hydroxylation sites is 1. The average Bonchev–Trinajstić information content (AvgIpc) is 2.28. The molecule has 2 heterocycles. The minimum atomic E-state index is 0.818. The number of rotatable bonds is 0. The zero-order valence-corrected chi connectivity index (χ0v) is 7.88. The van der Waals surface area contributed by atoms with Gasteiger partial charge in [0, 0.05) is 5.39 Å². The third-order valence-electron chi connectivity index (χ3n) is 2.31. The Morgan fingerprint density at radius 2 is 2.13 bits per heavy atom. The molecule has 0 saturated heterocycles. The molecule has 0 atom stereocenters. The first-order valence-electron chi connectivity index (χ1n) is 4.57. The molecular formula is C10H9N5. The molecule has 0 fully saturated rings. The molecule has 3 N–H and O–H groups in total. The SMILES string of the molecule is NN1C=Nc2c(cnc3ccccc23)N1. The topological polar surface area (TPSA) is 66.5 Å². The van der Waals surface area contributed by atoms with E-state index >= 15 is 0 Å². The summed E-state index contributed by atoms with van der Waals surface area (Å²) in [7, 11) is 0. The van der Waals surface area contributed by atoms with E-state index in [9.17, 15) is 0 Å². The van der Waals surface area contributed by atoms with Crippen LogP contribution in [0.3, 0.4) is 0 Å². The van der Waals surface area contributed by atoms with Gasteiger partial charge in [0.15, 0.2) is 0 Å². The second-order valence-corrected chi connectivity index (χ2v) is 3.30. The second kappa shape index (κ2) is 2.93. The number of aromatic nitrogens is 1.